The Labute approximate surface area is 201 Å². The Kier molecular flexibility index (Phi) is 7.67. The van der Waals surface area contributed by atoms with Gasteiger partial charge in [-0.3, -0.25) is 9.45 Å². The van der Waals surface area contributed by atoms with Crippen LogP contribution in [0.2, 0.25) is 0 Å². The minimum atomic E-state index is -4.38. The van der Waals surface area contributed by atoms with Crippen molar-refractivity contribution in [3.63, 3.8) is 0 Å². The van der Waals surface area contributed by atoms with Crippen LogP contribution in [0.5, 0.6) is 0 Å². The van der Waals surface area contributed by atoms with Crippen LogP contribution in [0.25, 0.3) is 20.8 Å². The van der Waals surface area contributed by atoms with E-state index in [2.05, 4.69) is 17.1 Å². The average Bonchev–Trinajstić information content (AvgIpc) is 2.81. The van der Waals surface area contributed by atoms with Crippen LogP contribution in [0.15, 0.2) is 70.6 Å². The zero-order chi connectivity index (χ0) is 24.1. The highest BCUT2D eigenvalue weighted by Crippen LogP contribution is 2.30. The molecule has 178 valence electrons. The van der Waals surface area contributed by atoms with Gasteiger partial charge in [0.25, 0.3) is 10.1 Å². The molecule has 2 aromatic carbocycles. The van der Waals surface area contributed by atoms with Crippen molar-refractivity contribution in [3.8, 4) is 10.6 Å². The van der Waals surface area contributed by atoms with Crippen LogP contribution in [-0.2, 0) is 16.5 Å². The zero-order valence-electron chi connectivity index (χ0n) is 18.3. The van der Waals surface area contributed by atoms with Crippen molar-refractivity contribution >= 4 is 37.4 Å². The van der Waals surface area contributed by atoms with Crippen LogP contribution in [0, 0.1) is 0 Å². The van der Waals surface area contributed by atoms with Crippen LogP contribution in [-0.4, -0.2) is 65.9 Å². The lowest BCUT2D eigenvalue weighted by Gasteiger charge is -2.20. The Morgan fingerprint density at radius 1 is 0.941 bits per heavy atom. The van der Waals surface area contributed by atoms with Gasteiger partial charge in [0.1, 0.15) is 4.90 Å². The molecule has 0 spiro atoms. The molecular formula is C24H25N3O5S2. The molecule has 10 heteroatoms. The van der Waals surface area contributed by atoms with Crippen LogP contribution in [0.3, 0.4) is 0 Å². The average molecular weight is 500 g/mol. The van der Waals surface area contributed by atoms with Gasteiger partial charge in [-0.15, -0.1) is 11.3 Å². The van der Waals surface area contributed by atoms with E-state index >= 15 is 0 Å². The SMILES string of the molecule is O=S(=O)(O)c1ccccc1N=c1ccc2nc3cc(CCN(CCO)CCO)ccc3sc-2c1. The number of fused-ring (bicyclic) bond motifs is 2. The van der Waals surface area contributed by atoms with E-state index in [1.807, 2.05) is 23.1 Å². The summed E-state index contributed by atoms with van der Waals surface area (Å²) in [4.78, 5) is 11.9. The largest absolute Gasteiger partial charge is 0.395 e. The number of rotatable bonds is 9. The molecule has 34 heavy (non-hydrogen) atoms. The standard InChI is InChI=1S/C24H25N3O5S2/c28-13-11-27(12-14-29)10-9-17-5-8-22-21(15-17)26-19-7-6-18(16-23(19)33-22)25-20-3-1-2-4-24(20)34(30,31)32/h1-8,15-16,28-29H,9-14H2,(H,30,31,32). The van der Waals surface area contributed by atoms with Crippen LogP contribution in [0.4, 0.5) is 5.69 Å². The molecule has 0 amide bonds. The first-order valence-corrected chi connectivity index (χ1v) is 13.0. The van der Waals surface area contributed by atoms with Crippen LogP contribution < -0.4 is 5.36 Å². The minimum Gasteiger partial charge on any atom is -0.395 e. The maximum absolute atomic E-state index is 11.6. The van der Waals surface area contributed by atoms with Gasteiger partial charge < -0.3 is 10.2 Å². The van der Waals surface area contributed by atoms with Crippen molar-refractivity contribution in [1.82, 2.24) is 9.88 Å². The number of hydrogen-bond acceptors (Lipinski definition) is 8. The predicted molar refractivity (Wildman–Crippen MR) is 132 cm³/mol. The third kappa shape index (κ3) is 5.84. The van der Waals surface area contributed by atoms with E-state index in [9.17, 15) is 23.2 Å². The molecule has 2 aliphatic rings. The van der Waals surface area contributed by atoms with E-state index in [0.717, 1.165) is 39.3 Å². The number of aromatic nitrogens is 1. The first-order valence-electron chi connectivity index (χ1n) is 10.8. The molecule has 0 unspecified atom stereocenters. The molecule has 0 bridgehead atoms. The molecule has 0 atom stereocenters. The molecular weight excluding hydrogens is 474 g/mol. The fourth-order valence-electron chi connectivity index (χ4n) is 3.70. The number of hydrogen-bond donors (Lipinski definition) is 3. The van der Waals surface area contributed by atoms with Crippen LogP contribution in [0.1, 0.15) is 5.56 Å². The molecule has 3 N–H and O–H groups in total. The molecule has 0 aromatic heterocycles. The zero-order valence-corrected chi connectivity index (χ0v) is 20.0. The molecule has 0 fully saturated rings. The fraction of sp³-hybridized carbons (Fsp3) is 0.250. The normalized spacial score (nSPS) is 12.8. The Balaban J connectivity index is 1.65. The first-order chi connectivity index (χ1) is 16.4. The van der Waals surface area contributed by atoms with Gasteiger partial charge in [-0.05, 0) is 54.4 Å². The van der Waals surface area contributed by atoms with Gasteiger partial charge in [0.15, 0.2) is 0 Å². The minimum absolute atomic E-state index is 0.0582. The van der Waals surface area contributed by atoms with Crippen LogP contribution >= 0.6 is 11.3 Å². The highest BCUT2D eigenvalue weighted by molar-refractivity contribution is 7.86. The highest BCUT2D eigenvalue weighted by Gasteiger charge is 2.14. The second-order valence-corrected chi connectivity index (χ2v) is 10.2. The summed E-state index contributed by atoms with van der Waals surface area (Å²) in [5.74, 6) is 0. The Morgan fingerprint density at radius 2 is 1.71 bits per heavy atom. The highest BCUT2D eigenvalue weighted by atomic mass is 32.2. The molecule has 8 nitrogen and oxygen atoms in total. The maximum Gasteiger partial charge on any atom is 0.296 e. The number of para-hydroxylation sites is 1. The number of nitrogens with zero attached hydrogens (tertiary/aromatic N) is 3. The van der Waals surface area contributed by atoms with Crippen molar-refractivity contribution in [2.24, 2.45) is 4.99 Å². The van der Waals surface area contributed by atoms with E-state index in [-0.39, 0.29) is 23.8 Å². The molecule has 4 rings (SSSR count). The number of aliphatic hydroxyl groups is 2. The Morgan fingerprint density at radius 3 is 2.44 bits per heavy atom. The van der Waals surface area contributed by atoms with E-state index in [1.165, 1.54) is 12.1 Å². The smallest absolute Gasteiger partial charge is 0.296 e. The molecule has 0 saturated heterocycles. The third-order valence-corrected chi connectivity index (χ3v) is 7.38. The van der Waals surface area contributed by atoms with Crippen molar-refractivity contribution in [2.45, 2.75) is 11.3 Å². The summed E-state index contributed by atoms with van der Waals surface area (Å²) < 4.78 is 33.8. The van der Waals surface area contributed by atoms with E-state index in [0.29, 0.717) is 18.4 Å². The molecule has 1 aliphatic heterocycles. The quantitative estimate of drug-likeness (QED) is 0.239. The van der Waals surface area contributed by atoms with Crippen molar-refractivity contribution < 1.29 is 23.2 Å². The topological polar surface area (TPSA) is 123 Å². The number of benzene rings is 3. The van der Waals surface area contributed by atoms with E-state index in [4.69, 9.17) is 4.98 Å². The molecule has 0 saturated carbocycles. The first kappa shape index (κ1) is 24.4. The monoisotopic (exact) mass is 499 g/mol. The molecule has 0 radical (unpaired) electrons. The predicted octanol–water partition coefficient (Wildman–Crippen LogP) is 2.71. The Hall–Kier alpha value is -2.73. The Bertz CT molecular complexity index is 1430. The maximum atomic E-state index is 11.6. The van der Waals surface area contributed by atoms with Crippen molar-refractivity contribution in [3.05, 3.63) is 71.6 Å². The van der Waals surface area contributed by atoms with Gasteiger partial charge in [0.05, 0.1) is 45.0 Å². The molecule has 1 aliphatic carbocycles. The lowest BCUT2D eigenvalue weighted by molar-refractivity contribution is 0.162. The lowest BCUT2D eigenvalue weighted by Crippen LogP contribution is -2.31. The summed E-state index contributed by atoms with van der Waals surface area (Å²) >= 11 is 1.57. The molecule has 1 heterocycles. The van der Waals surface area contributed by atoms with E-state index < -0.39 is 10.1 Å². The summed E-state index contributed by atoms with van der Waals surface area (Å²) in [5, 5.41) is 18.9. The summed E-state index contributed by atoms with van der Waals surface area (Å²) in [5.41, 5.74) is 2.98. The summed E-state index contributed by atoms with van der Waals surface area (Å²) in [6.07, 6.45) is 0.783. The summed E-state index contributed by atoms with van der Waals surface area (Å²) in [6, 6.07) is 17.7. The molecule has 2 aromatic rings. The van der Waals surface area contributed by atoms with E-state index in [1.54, 1.807) is 29.5 Å². The summed E-state index contributed by atoms with van der Waals surface area (Å²) in [7, 11) is -4.38. The van der Waals surface area contributed by atoms with Crippen molar-refractivity contribution in [2.75, 3.05) is 32.8 Å². The van der Waals surface area contributed by atoms with Gasteiger partial charge in [0.2, 0.25) is 0 Å². The number of aliphatic hydroxyl groups excluding tert-OH is 2. The van der Waals surface area contributed by atoms with Crippen molar-refractivity contribution in [1.29, 1.82) is 0 Å². The lowest BCUT2D eigenvalue weighted by atomic mass is 10.1. The second kappa shape index (κ2) is 10.7. The van der Waals surface area contributed by atoms with Gasteiger partial charge in [-0.2, -0.15) is 8.42 Å². The van der Waals surface area contributed by atoms with Gasteiger partial charge >= 0.3 is 0 Å². The van der Waals surface area contributed by atoms with Gasteiger partial charge in [0, 0.05) is 19.6 Å². The third-order valence-electron chi connectivity index (χ3n) is 5.37. The van der Waals surface area contributed by atoms with Gasteiger partial charge in [-0.25, -0.2) is 9.98 Å². The van der Waals surface area contributed by atoms with Gasteiger partial charge in [-0.1, -0.05) is 18.2 Å². The second-order valence-electron chi connectivity index (χ2n) is 7.76. The fourth-order valence-corrected chi connectivity index (χ4v) is 5.31. The summed E-state index contributed by atoms with van der Waals surface area (Å²) in [6.45, 7) is 1.91.